The number of H-pyrrole nitrogens is 1. The summed E-state index contributed by atoms with van der Waals surface area (Å²) in [7, 11) is 0. The first-order chi connectivity index (χ1) is 13.0. The Morgan fingerprint density at radius 2 is 1.70 bits per heavy atom. The fourth-order valence-corrected chi connectivity index (χ4v) is 2.83. The van der Waals surface area contributed by atoms with Gasteiger partial charge in [0.15, 0.2) is 0 Å². The molecule has 2 aromatic heterocycles. The zero-order chi connectivity index (χ0) is 19.0. The van der Waals surface area contributed by atoms with E-state index in [1.165, 1.54) is 6.07 Å². The highest BCUT2D eigenvalue weighted by atomic mass is 19.4. The Balaban J connectivity index is 1.71. The van der Waals surface area contributed by atoms with Crippen LogP contribution in [-0.4, -0.2) is 15.0 Å². The Morgan fingerprint density at radius 1 is 0.963 bits per heavy atom. The first kappa shape index (κ1) is 16.8. The molecule has 4 aromatic rings. The van der Waals surface area contributed by atoms with Crippen LogP contribution in [0.2, 0.25) is 0 Å². The minimum Gasteiger partial charge on any atom is -0.338 e. The summed E-state index contributed by atoms with van der Waals surface area (Å²) in [6, 6.07) is 16.1. The molecule has 0 spiro atoms. The molecule has 0 radical (unpaired) electrons. The van der Waals surface area contributed by atoms with Gasteiger partial charge in [0.05, 0.1) is 27.9 Å². The van der Waals surface area contributed by atoms with Crippen LogP contribution in [0.3, 0.4) is 0 Å². The molecular weight excluding hydrogens is 353 g/mol. The molecule has 0 saturated carbocycles. The van der Waals surface area contributed by atoms with Gasteiger partial charge in [-0.3, -0.25) is 4.98 Å². The molecule has 0 fully saturated rings. The molecule has 0 bridgehead atoms. The maximum atomic E-state index is 12.8. The number of aromatic nitrogens is 3. The van der Waals surface area contributed by atoms with Gasteiger partial charge >= 0.3 is 6.18 Å². The molecule has 2 heterocycles. The Kier molecular flexibility index (Phi) is 3.89. The summed E-state index contributed by atoms with van der Waals surface area (Å²) in [6.07, 6.45) is -2.79. The van der Waals surface area contributed by atoms with E-state index in [9.17, 15) is 18.4 Å². The predicted molar refractivity (Wildman–Crippen MR) is 94.5 cm³/mol. The highest BCUT2D eigenvalue weighted by Gasteiger charge is 2.30. The van der Waals surface area contributed by atoms with Crippen LogP contribution in [0.4, 0.5) is 13.2 Å². The van der Waals surface area contributed by atoms with Crippen LogP contribution in [0.5, 0.6) is 0 Å². The van der Waals surface area contributed by atoms with Gasteiger partial charge in [-0.15, -0.1) is 0 Å². The lowest BCUT2D eigenvalue weighted by Crippen LogP contribution is -2.04. The van der Waals surface area contributed by atoms with E-state index in [1.807, 2.05) is 0 Å². The molecule has 7 heteroatoms. The van der Waals surface area contributed by atoms with Gasteiger partial charge in [-0.1, -0.05) is 24.3 Å². The number of halogens is 3. The van der Waals surface area contributed by atoms with Gasteiger partial charge in [0.1, 0.15) is 11.9 Å². The number of nitrogens with one attached hydrogen (secondary N) is 1. The van der Waals surface area contributed by atoms with Crippen molar-refractivity contribution >= 4 is 11.0 Å². The van der Waals surface area contributed by atoms with Crippen molar-refractivity contribution in [2.24, 2.45) is 0 Å². The van der Waals surface area contributed by atoms with Crippen molar-refractivity contribution in [3.8, 4) is 28.7 Å². The van der Waals surface area contributed by atoms with Gasteiger partial charge in [-0.05, 0) is 30.3 Å². The summed E-state index contributed by atoms with van der Waals surface area (Å²) in [5.41, 5.74) is 2.59. The number of aromatic amines is 1. The number of hydrogen-bond donors (Lipinski definition) is 1. The minimum atomic E-state index is -4.40. The normalized spacial score (nSPS) is 11.5. The molecule has 4 rings (SSSR count). The van der Waals surface area contributed by atoms with E-state index in [1.54, 1.807) is 42.6 Å². The van der Waals surface area contributed by atoms with E-state index >= 15 is 0 Å². The number of nitriles is 1. The summed E-state index contributed by atoms with van der Waals surface area (Å²) in [5, 5.41) is 9.19. The third kappa shape index (κ3) is 3.13. The van der Waals surface area contributed by atoms with Gasteiger partial charge in [-0.25, -0.2) is 4.98 Å². The highest BCUT2D eigenvalue weighted by molar-refractivity contribution is 5.80. The third-order valence-electron chi connectivity index (χ3n) is 4.17. The first-order valence-corrected chi connectivity index (χ1v) is 7.98. The van der Waals surface area contributed by atoms with Crippen LogP contribution in [0, 0.1) is 11.3 Å². The summed E-state index contributed by atoms with van der Waals surface area (Å²) in [6.45, 7) is 0. The SMILES string of the molecule is N#Cc1cccnc1-c1ccc(-c2nc3ccc(C(F)(F)F)cc3[nH]2)cc1. The number of rotatable bonds is 2. The summed E-state index contributed by atoms with van der Waals surface area (Å²) in [5.74, 6) is 0.470. The second-order valence-electron chi connectivity index (χ2n) is 5.90. The smallest absolute Gasteiger partial charge is 0.338 e. The average molecular weight is 364 g/mol. The molecule has 0 unspecified atom stereocenters. The van der Waals surface area contributed by atoms with E-state index < -0.39 is 11.7 Å². The van der Waals surface area contributed by atoms with Crippen LogP contribution < -0.4 is 0 Å². The number of nitrogens with zero attached hydrogens (tertiary/aromatic N) is 3. The Bertz CT molecular complexity index is 1170. The molecule has 0 aliphatic carbocycles. The topological polar surface area (TPSA) is 65.4 Å². The highest BCUT2D eigenvalue weighted by Crippen LogP contribution is 2.32. The van der Waals surface area contributed by atoms with E-state index in [-0.39, 0.29) is 0 Å². The van der Waals surface area contributed by atoms with Crippen molar-refractivity contribution in [1.82, 2.24) is 15.0 Å². The van der Waals surface area contributed by atoms with Crippen molar-refractivity contribution in [1.29, 1.82) is 5.26 Å². The van der Waals surface area contributed by atoms with Crippen LogP contribution in [-0.2, 0) is 6.18 Å². The number of pyridine rings is 1. The third-order valence-corrected chi connectivity index (χ3v) is 4.17. The molecular formula is C20H11F3N4. The second kappa shape index (κ2) is 6.25. The second-order valence-corrected chi connectivity index (χ2v) is 5.90. The fraction of sp³-hybridized carbons (Fsp3) is 0.0500. The van der Waals surface area contributed by atoms with Crippen molar-refractivity contribution < 1.29 is 13.2 Å². The van der Waals surface area contributed by atoms with Gasteiger partial charge in [0.25, 0.3) is 0 Å². The van der Waals surface area contributed by atoms with Crippen LogP contribution in [0.1, 0.15) is 11.1 Å². The maximum Gasteiger partial charge on any atom is 0.416 e. The van der Waals surface area contributed by atoms with Crippen molar-refractivity contribution in [2.45, 2.75) is 6.18 Å². The quantitative estimate of drug-likeness (QED) is 0.533. The average Bonchev–Trinajstić information content (AvgIpc) is 3.11. The van der Waals surface area contributed by atoms with Crippen molar-refractivity contribution in [3.63, 3.8) is 0 Å². The number of imidazole rings is 1. The largest absolute Gasteiger partial charge is 0.416 e. The van der Waals surface area contributed by atoms with Gasteiger partial charge in [0.2, 0.25) is 0 Å². The molecule has 0 aliphatic heterocycles. The zero-order valence-electron chi connectivity index (χ0n) is 13.7. The molecule has 0 atom stereocenters. The van der Waals surface area contributed by atoms with Gasteiger partial charge < -0.3 is 4.98 Å². The minimum absolute atomic E-state index is 0.320. The number of fused-ring (bicyclic) bond motifs is 1. The molecule has 4 nitrogen and oxygen atoms in total. The lowest BCUT2D eigenvalue weighted by molar-refractivity contribution is -0.137. The maximum absolute atomic E-state index is 12.8. The van der Waals surface area contributed by atoms with Crippen molar-refractivity contribution in [2.75, 3.05) is 0 Å². The molecule has 0 saturated heterocycles. The standard InChI is InChI=1S/C20H11F3N4/c21-20(22,23)15-7-8-16-17(10-15)27-19(26-16)13-5-3-12(4-6-13)18-14(11-24)2-1-9-25-18/h1-10H,(H,26,27). The van der Waals surface area contributed by atoms with Crippen LogP contribution >= 0.6 is 0 Å². The molecule has 0 aliphatic rings. The zero-order valence-corrected chi connectivity index (χ0v) is 13.7. The van der Waals surface area contributed by atoms with E-state index in [4.69, 9.17) is 0 Å². The molecule has 0 amide bonds. The fourth-order valence-electron chi connectivity index (χ4n) is 2.83. The van der Waals surface area contributed by atoms with Crippen molar-refractivity contribution in [3.05, 3.63) is 71.9 Å². The monoisotopic (exact) mass is 364 g/mol. The first-order valence-electron chi connectivity index (χ1n) is 7.98. The van der Waals surface area contributed by atoms with E-state index in [2.05, 4.69) is 21.0 Å². The lowest BCUT2D eigenvalue weighted by Gasteiger charge is -2.05. The molecule has 1 N–H and O–H groups in total. The Labute approximate surface area is 151 Å². The Morgan fingerprint density at radius 3 is 2.41 bits per heavy atom. The number of alkyl halides is 3. The molecule has 27 heavy (non-hydrogen) atoms. The van der Waals surface area contributed by atoms with Crippen LogP contribution in [0.25, 0.3) is 33.7 Å². The number of hydrogen-bond acceptors (Lipinski definition) is 3. The van der Waals surface area contributed by atoms with E-state index in [0.29, 0.717) is 28.1 Å². The predicted octanol–water partition coefficient (Wildman–Crippen LogP) is 5.18. The van der Waals surface area contributed by atoms with E-state index in [0.717, 1.165) is 23.3 Å². The lowest BCUT2D eigenvalue weighted by atomic mass is 10.0. The van der Waals surface area contributed by atoms with Gasteiger partial charge in [-0.2, -0.15) is 18.4 Å². The summed E-state index contributed by atoms with van der Waals surface area (Å²) >= 11 is 0. The molecule has 2 aromatic carbocycles. The molecule has 132 valence electrons. The Hall–Kier alpha value is -3.66. The van der Waals surface area contributed by atoms with Gasteiger partial charge in [0, 0.05) is 17.3 Å². The summed E-state index contributed by atoms with van der Waals surface area (Å²) < 4.78 is 38.5. The summed E-state index contributed by atoms with van der Waals surface area (Å²) in [4.78, 5) is 11.5. The van der Waals surface area contributed by atoms with Crippen LogP contribution in [0.15, 0.2) is 60.8 Å². The number of benzene rings is 2.